The minimum atomic E-state index is -0.768. The molecule has 1 aliphatic carbocycles. The van der Waals surface area contributed by atoms with E-state index in [4.69, 9.17) is 5.11 Å². The summed E-state index contributed by atoms with van der Waals surface area (Å²) in [5.74, 6) is -1.15. The molecule has 0 bridgehead atoms. The highest BCUT2D eigenvalue weighted by Crippen LogP contribution is 2.27. The Bertz CT molecular complexity index is 368. The van der Waals surface area contributed by atoms with Gasteiger partial charge in [-0.1, -0.05) is 0 Å². The van der Waals surface area contributed by atoms with Gasteiger partial charge >= 0.3 is 5.97 Å². The van der Waals surface area contributed by atoms with Crippen molar-refractivity contribution in [1.82, 2.24) is 5.32 Å². The van der Waals surface area contributed by atoms with Crippen LogP contribution < -0.4 is 5.32 Å². The zero-order chi connectivity index (χ0) is 10.8. The van der Waals surface area contributed by atoms with Gasteiger partial charge in [-0.3, -0.25) is 9.59 Å². The first-order chi connectivity index (χ1) is 7.16. The van der Waals surface area contributed by atoms with E-state index in [1.54, 1.807) is 11.4 Å². The van der Waals surface area contributed by atoms with Crippen LogP contribution in [0.5, 0.6) is 0 Å². The van der Waals surface area contributed by atoms with Crippen LogP contribution in [0.4, 0.5) is 0 Å². The predicted molar refractivity (Wildman–Crippen MR) is 55.9 cm³/mol. The lowest BCUT2D eigenvalue weighted by molar-refractivity contribution is -0.145. The van der Waals surface area contributed by atoms with E-state index in [1.165, 1.54) is 11.3 Å². The van der Waals surface area contributed by atoms with E-state index < -0.39 is 5.97 Å². The second-order valence-electron chi connectivity index (χ2n) is 3.69. The fourth-order valence-electron chi connectivity index (χ4n) is 1.60. The maximum atomic E-state index is 11.5. The lowest BCUT2D eigenvalue weighted by Crippen LogP contribution is -2.46. The number of nitrogens with one attached hydrogen (secondary N) is 1. The van der Waals surface area contributed by atoms with Crippen molar-refractivity contribution in [3.8, 4) is 0 Å². The second kappa shape index (κ2) is 4.02. The van der Waals surface area contributed by atoms with Gasteiger partial charge in [-0.05, 0) is 24.3 Å². The molecule has 0 unspecified atom stereocenters. The molecule has 1 heterocycles. The molecule has 1 saturated carbocycles. The van der Waals surface area contributed by atoms with Gasteiger partial charge in [-0.15, -0.1) is 0 Å². The molecule has 80 valence electrons. The van der Waals surface area contributed by atoms with Crippen LogP contribution in [0.1, 0.15) is 23.2 Å². The van der Waals surface area contributed by atoms with E-state index in [9.17, 15) is 9.59 Å². The average molecular weight is 225 g/mol. The summed E-state index contributed by atoms with van der Waals surface area (Å²) in [6.07, 6.45) is 1.09. The number of amides is 1. The Morgan fingerprint density at radius 2 is 2.20 bits per heavy atom. The van der Waals surface area contributed by atoms with Crippen LogP contribution in [0.3, 0.4) is 0 Å². The van der Waals surface area contributed by atoms with Crippen molar-refractivity contribution in [3.05, 3.63) is 22.4 Å². The van der Waals surface area contributed by atoms with Crippen molar-refractivity contribution in [3.63, 3.8) is 0 Å². The molecule has 0 aliphatic heterocycles. The maximum Gasteiger partial charge on any atom is 0.306 e. The monoisotopic (exact) mass is 225 g/mol. The number of thiophene rings is 1. The van der Waals surface area contributed by atoms with E-state index in [2.05, 4.69) is 5.32 Å². The molecule has 5 heteroatoms. The first kappa shape index (κ1) is 10.2. The van der Waals surface area contributed by atoms with Gasteiger partial charge in [-0.25, -0.2) is 0 Å². The van der Waals surface area contributed by atoms with Gasteiger partial charge < -0.3 is 10.4 Å². The predicted octanol–water partition coefficient (Wildman–Crippen LogP) is 1.34. The van der Waals surface area contributed by atoms with Crippen LogP contribution in [0, 0.1) is 5.92 Å². The molecule has 1 aromatic heterocycles. The summed E-state index contributed by atoms with van der Waals surface area (Å²) in [5, 5.41) is 15.1. The van der Waals surface area contributed by atoms with Crippen LogP contribution in [0.15, 0.2) is 16.8 Å². The Balaban J connectivity index is 1.81. The molecule has 0 spiro atoms. The summed E-state index contributed by atoms with van der Waals surface area (Å²) in [7, 11) is 0. The fraction of sp³-hybridized carbons (Fsp3) is 0.400. The molecule has 1 aromatic rings. The Hall–Kier alpha value is -1.36. The quantitative estimate of drug-likeness (QED) is 0.815. The van der Waals surface area contributed by atoms with Gasteiger partial charge in [0.2, 0.25) is 0 Å². The number of hydrogen-bond acceptors (Lipinski definition) is 3. The third kappa shape index (κ3) is 2.18. The van der Waals surface area contributed by atoms with E-state index in [1.807, 2.05) is 5.38 Å². The SMILES string of the molecule is O=C(NC1CC(C(=O)O)C1)c1ccsc1. The van der Waals surface area contributed by atoms with Gasteiger partial charge in [-0.2, -0.15) is 11.3 Å². The van der Waals surface area contributed by atoms with Gasteiger partial charge in [0, 0.05) is 17.0 Å². The van der Waals surface area contributed by atoms with E-state index in [0.717, 1.165) is 0 Å². The summed E-state index contributed by atoms with van der Waals surface area (Å²) in [5.41, 5.74) is 0.652. The Morgan fingerprint density at radius 3 is 2.73 bits per heavy atom. The lowest BCUT2D eigenvalue weighted by atomic mass is 9.80. The highest BCUT2D eigenvalue weighted by atomic mass is 32.1. The number of carbonyl (C=O) groups excluding carboxylic acids is 1. The summed E-state index contributed by atoms with van der Waals surface area (Å²) in [6, 6.07) is 1.78. The summed E-state index contributed by atoms with van der Waals surface area (Å²) in [4.78, 5) is 22.1. The molecule has 0 radical (unpaired) electrons. The van der Waals surface area contributed by atoms with Crippen molar-refractivity contribution in [1.29, 1.82) is 0 Å². The Labute approximate surface area is 90.9 Å². The third-order valence-corrected chi connectivity index (χ3v) is 3.29. The normalized spacial score (nSPS) is 24.3. The molecule has 4 nitrogen and oxygen atoms in total. The number of carbonyl (C=O) groups is 2. The first-order valence-electron chi connectivity index (χ1n) is 4.72. The highest BCUT2D eigenvalue weighted by molar-refractivity contribution is 7.08. The van der Waals surface area contributed by atoms with Crippen molar-refractivity contribution in [2.75, 3.05) is 0 Å². The first-order valence-corrected chi connectivity index (χ1v) is 5.67. The van der Waals surface area contributed by atoms with Gasteiger partial charge in [0.05, 0.1) is 5.92 Å². The minimum Gasteiger partial charge on any atom is -0.481 e. The molecule has 1 amide bonds. The average Bonchev–Trinajstić information content (AvgIpc) is 2.61. The molecule has 0 aromatic carbocycles. The largest absolute Gasteiger partial charge is 0.481 e. The highest BCUT2D eigenvalue weighted by Gasteiger charge is 2.35. The minimum absolute atomic E-state index is 0.0264. The van der Waals surface area contributed by atoms with Crippen LogP contribution in [-0.4, -0.2) is 23.0 Å². The molecule has 0 saturated heterocycles. The molecular formula is C10H11NO3S. The molecule has 2 rings (SSSR count). The Morgan fingerprint density at radius 1 is 1.47 bits per heavy atom. The van der Waals surface area contributed by atoms with E-state index >= 15 is 0 Å². The zero-order valence-electron chi connectivity index (χ0n) is 7.97. The molecule has 2 N–H and O–H groups in total. The molecular weight excluding hydrogens is 214 g/mol. The topological polar surface area (TPSA) is 66.4 Å². The number of carboxylic acids is 1. The van der Waals surface area contributed by atoms with Crippen LogP contribution >= 0.6 is 11.3 Å². The van der Waals surface area contributed by atoms with Crippen LogP contribution in [0.2, 0.25) is 0 Å². The smallest absolute Gasteiger partial charge is 0.306 e. The molecule has 1 fully saturated rings. The fourth-order valence-corrected chi connectivity index (χ4v) is 2.24. The number of hydrogen-bond donors (Lipinski definition) is 2. The summed E-state index contributed by atoms with van der Waals surface area (Å²) in [6.45, 7) is 0. The Kier molecular flexibility index (Phi) is 2.73. The van der Waals surface area contributed by atoms with E-state index in [0.29, 0.717) is 18.4 Å². The number of aliphatic carboxylic acids is 1. The van der Waals surface area contributed by atoms with Crippen LogP contribution in [0.25, 0.3) is 0 Å². The summed E-state index contributed by atoms with van der Waals surface area (Å²) >= 11 is 1.47. The van der Waals surface area contributed by atoms with Crippen molar-refractivity contribution < 1.29 is 14.7 Å². The van der Waals surface area contributed by atoms with Crippen molar-refractivity contribution in [2.45, 2.75) is 18.9 Å². The standard InChI is InChI=1S/C10H11NO3S/c12-9(6-1-2-15-5-6)11-8-3-7(4-8)10(13)14/h1-2,5,7-8H,3-4H2,(H,11,12)(H,13,14). The molecule has 15 heavy (non-hydrogen) atoms. The number of carboxylic acid groups (broad SMARTS) is 1. The van der Waals surface area contributed by atoms with E-state index in [-0.39, 0.29) is 17.9 Å². The molecule has 1 aliphatic rings. The third-order valence-electron chi connectivity index (χ3n) is 2.61. The number of rotatable bonds is 3. The van der Waals surface area contributed by atoms with Gasteiger partial charge in [0.25, 0.3) is 5.91 Å². The molecule has 0 atom stereocenters. The van der Waals surface area contributed by atoms with Crippen molar-refractivity contribution in [2.24, 2.45) is 5.92 Å². The zero-order valence-corrected chi connectivity index (χ0v) is 8.79. The lowest BCUT2D eigenvalue weighted by Gasteiger charge is -2.32. The van der Waals surface area contributed by atoms with Gasteiger partial charge in [0.1, 0.15) is 0 Å². The summed E-state index contributed by atoms with van der Waals surface area (Å²) < 4.78 is 0. The van der Waals surface area contributed by atoms with Crippen LogP contribution in [-0.2, 0) is 4.79 Å². The van der Waals surface area contributed by atoms with Gasteiger partial charge in [0.15, 0.2) is 0 Å². The second-order valence-corrected chi connectivity index (χ2v) is 4.47. The maximum absolute atomic E-state index is 11.5. The van der Waals surface area contributed by atoms with Crippen molar-refractivity contribution >= 4 is 23.2 Å².